The molecule has 0 amide bonds. The Morgan fingerprint density at radius 3 is 2.94 bits per heavy atom. The highest BCUT2D eigenvalue weighted by Gasteiger charge is 2.24. The van der Waals surface area contributed by atoms with Crippen LogP contribution in [0.2, 0.25) is 5.02 Å². The van der Waals surface area contributed by atoms with Gasteiger partial charge in [0, 0.05) is 6.20 Å². The summed E-state index contributed by atoms with van der Waals surface area (Å²) >= 11 is 6.20. The van der Waals surface area contributed by atoms with Gasteiger partial charge in [-0.15, -0.1) is 0 Å². The lowest BCUT2D eigenvalue weighted by Gasteiger charge is -2.30. The van der Waals surface area contributed by atoms with Crippen molar-refractivity contribution in [3.05, 3.63) is 29.0 Å². The molecule has 1 heterocycles. The molecule has 2 nitrogen and oxygen atoms in total. The van der Waals surface area contributed by atoms with Crippen LogP contribution in [0.3, 0.4) is 0 Å². The van der Waals surface area contributed by atoms with Gasteiger partial charge in [0.1, 0.15) is 0 Å². The summed E-state index contributed by atoms with van der Waals surface area (Å²) in [5, 5.41) is 4.28. The first-order valence-electron chi connectivity index (χ1n) is 6.15. The summed E-state index contributed by atoms with van der Waals surface area (Å²) in [6.45, 7) is 3.09. The van der Waals surface area contributed by atoms with Crippen molar-refractivity contribution < 1.29 is 0 Å². The number of nitrogens with one attached hydrogen (secondary N) is 1. The SMILES string of the molecule is CCNC(CC1CCC1)c1ncccc1Cl. The van der Waals surface area contributed by atoms with E-state index in [9.17, 15) is 0 Å². The van der Waals surface area contributed by atoms with Crippen LogP contribution >= 0.6 is 11.6 Å². The Bertz CT molecular complexity index is 336. The van der Waals surface area contributed by atoms with Crippen LogP contribution in [0.15, 0.2) is 18.3 Å². The lowest BCUT2D eigenvalue weighted by atomic mass is 9.80. The van der Waals surface area contributed by atoms with Crippen molar-refractivity contribution in [1.82, 2.24) is 10.3 Å². The lowest BCUT2D eigenvalue weighted by molar-refractivity contribution is 0.260. The van der Waals surface area contributed by atoms with E-state index in [4.69, 9.17) is 11.6 Å². The van der Waals surface area contributed by atoms with Gasteiger partial charge < -0.3 is 5.32 Å². The van der Waals surface area contributed by atoms with Crippen molar-refractivity contribution in [1.29, 1.82) is 0 Å². The summed E-state index contributed by atoms with van der Waals surface area (Å²) in [4.78, 5) is 4.41. The van der Waals surface area contributed by atoms with Gasteiger partial charge in [-0.25, -0.2) is 0 Å². The van der Waals surface area contributed by atoms with Gasteiger partial charge in [-0.2, -0.15) is 0 Å². The zero-order valence-corrected chi connectivity index (χ0v) is 10.5. The molecule has 1 atom stereocenters. The molecule has 2 rings (SSSR count). The number of aromatic nitrogens is 1. The maximum absolute atomic E-state index is 6.20. The van der Waals surface area contributed by atoms with Crippen molar-refractivity contribution in [3.63, 3.8) is 0 Å². The Kier molecular flexibility index (Phi) is 4.19. The zero-order chi connectivity index (χ0) is 11.4. The summed E-state index contributed by atoms with van der Waals surface area (Å²) in [5.41, 5.74) is 1.01. The fourth-order valence-corrected chi connectivity index (χ4v) is 2.51. The Balaban J connectivity index is 2.08. The Morgan fingerprint density at radius 2 is 2.38 bits per heavy atom. The highest BCUT2D eigenvalue weighted by Crippen LogP contribution is 2.35. The minimum atomic E-state index is 0.323. The number of nitrogens with zero attached hydrogens (tertiary/aromatic N) is 1. The molecule has 1 aliphatic carbocycles. The van der Waals surface area contributed by atoms with Gasteiger partial charge in [0.2, 0.25) is 0 Å². The third kappa shape index (κ3) is 2.74. The molecule has 0 aromatic carbocycles. The molecule has 0 aliphatic heterocycles. The Labute approximate surface area is 102 Å². The van der Waals surface area contributed by atoms with E-state index in [0.29, 0.717) is 6.04 Å². The third-order valence-electron chi connectivity index (χ3n) is 3.36. The highest BCUT2D eigenvalue weighted by molar-refractivity contribution is 6.31. The smallest absolute Gasteiger partial charge is 0.0759 e. The normalized spacial score (nSPS) is 18.1. The first kappa shape index (κ1) is 11.9. The van der Waals surface area contributed by atoms with E-state index in [1.807, 2.05) is 18.3 Å². The van der Waals surface area contributed by atoms with Crippen LogP contribution in [0.1, 0.15) is 44.3 Å². The molecule has 3 heteroatoms. The lowest BCUT2D eigenvalue weighted by Crippen LogP contribution is -2.26. The maximum atomic E-state index is 6.20. The van der Waals surface area contributed by atoms with Gasteiger partial charge in [0.15, 0.2) is 0 Å². The van der Waals surface area contributed by atoms with Crippen LogP contribution < -0.4 is 5.32 Å². The number of pyridine rings is 1. The van der Waals surface area contributed by atoms with Crippen molar-refractivity contribution in [2.24, 2.45) is 5.92 Å². The molecular formula is C13H19ClN2. The molecule has 1 aromatic heterocycles. The number of rotatable bonds is 5. The first-order valence-corrected chi connectivity index (χ1v) is 6.53. The molecule has 1 aromatic rings. The molecule has 0 saturated heterocycles. The van der Waals surface area contributed by atoms with Crippen LogP contribution in [-0.4, -0.2) is 11.5 Å². The maximum Gasteiger partial charge on any atom is 0.0759 e. The molecule has 1 N–H and O–H groups in total. The van der Waals surface area contributed by atoms with Gasteiger partial charge >= 0.3 is 0 Å². The van der Waals surface area contributed by atoms with Crippen LogP contribution in [-0.2, 0) is 0 Å². The number of halogens is 1. The predicted molar refractivity (Wildman–Crippen MR) is 67.6 cm³/mol. The highest BCUT2D eigenvalue weighted by atomic mass is 35.5. The summed E-state index contributed by atoms with van der Waals surface area (Å²) in [6.07, 6.45) is 7.12. The van der Waals surface area contributed by atoms with E-state index >= 15 is 0 Å². The average molecular weight is 239 g/mol. The summed E-state index contributed by atoms with van der Waals surface area (Å²) in [7, 11) is 0. The molecule has 1 unspecified atom stereocenters. The largest absolute Gasteiger partial charge is 0.309 e. The third-order valence-corrected chi connectivity index (χ3v) is 3.68. The Hall–Kier alpha value is -0.600. The fourth-order valence-electron chi connectivity index (χ4n) is 2.25. The molecule has 0 bridgehead atoms. The number of hydrogen-bond acceptors (Lipinski definition) is 2. The van der Waals surface area contributed by atoms with Crippen molar-refractivity contribution in [2.45, 2.75) is 38.6 Å². The van der Waals surface area contributed by atoms with E-state index in [1.54, 1.807) is 0 Å². The average Bonchev–Trinajstić information content (AvgIpc) is 2.23. The molecule has 0 spiro atoms. The summed E-state index contributed by atoms with van der Waals surface area (Å²) in [6, 6.07) is 4.14. The minimum absolute atomic E-state index is 0.323. The summed E-state index contributed by atoms with van der Waals surface area (Å²) < 4.78 is 0. The molecule has 16 heavy (non-hydrogen) atoms. The van der Waals surface area contributed by atoms with Crippen molar-refractivity contribution in [2.75, 3.05) is 6.54 Å². The molecule has 1 aliphatic rings. The van der Waals surface area contributed by atoms with Crippen LogP contribution in [0.5, 0.6) is 0 Å². The van der Waals surface area contributed by atoms with E-state index in [0.717, 1.165) is 23.2 Å². The molecule has 1 fully saturated rings. The second kappa shape index (κ2) is 5.65. The van der Waals surface area contributed by atoms with Gasteiger partial charge in [-0.05, 0) is 31.0 Å². The molecular weight excluding hydrogens is 220 g/mol. The van der Waals surface area contributed by atoms with E-state index in [-0.39, 0.29) is 0 Å². The van der Waals surface area contributed by atoms with Crippen LogP contribution in [0.4, 0.5) is 0 Å². The molecule has 88 valence electrons. The van der Waals surface area contributed by atoms with E-state index in [1.165, 1.54) is 25.7 Å². The predicted octanol–water partition coefficient (Wildman–Crippen LogP) is 3.58. The summed E-state index contributed by atoms with van der Waals surface area (Å²) in [5.74, 6) is 0.863. The quantitative estimate of drug-likeness (QED) is 0.848. The van der Waals surface area contributed by atoms with E-state index < -0.39 is 0 Å². The molecule has 1 saturated carbocycles. The second-order valence-corrected chi connectivity index (χ2v) is 4.92. The van der Waals surface area contributed by atoms with E-state index in [2.05, 4.69) is 17.2 Å². The second-order valence-electron chi connectivity index (χ2n) is 4.51. The van der Waals surface area contributed by atoms with Gasteiger partial charge in [0.25, 0.3) is 0 Å². The molecule has 0 radical (unpaired) electrons. The fraction of sp³-hybridized carbons (Fsp3) is 0.615. The first-order chi connectivity index (χ1) is 7.81. The minimum Gasteiger partial charge on any atom is -0.309 e. The van der Waals surface area contributed by atoms with Crippen LogP contribution in [0.25, 0.3) is 0 Å². The monoisotopic (exact) mass is 238 g/mol. The van der Waals surface area contributed by atoms with Crippen molar-refractivity contribution >= 4 is 11.6 Å². The van der Waals surface area contributed by atoms with Crippen molar-refractivity contribution in [3.8, 4) is 0 Å². The standard InChI is InChI=1S/C13H19ClN2/c1-2-15-12(9-10-5-3-6-10)13-11(14)7-4-8-16-13/h4,7-8,10,12,15H,2-3,5-6,9H2,1H3. The number of hydrogen-bond donors (Lipinski definition) is 1. The van der Waals surface area contributed by atoms with Crippen LogP contribution in [0, 0.1) is 5.92 Å². The Morgan fingerprint density at radius 1 is 1.56 bits per heavy atom. The van der Waals surface area contributed by atoms with Gasteiger partial charge in [-0.3, -0.25) is 4.98 Å². The van der Waals surface area contributed by atoms with Gasteiger partial charge in [0.05, 0.1) is 16.8 Å². The topological polar surface area (TPSA) is 24.9 Å². The van der Waals surface area contributed by atoms with Gasteiger partial charge in [-0.1, -0.05) is 37.8 Å². The zero-order valence-electron chi connectivity index (χ0n) is 9.75.